The number of carbonyl (C=O) groups is 1. The predicted molar refractivity (Wildman–Crippen MR) is 127 cm³/mol. The number of benzene rings is 3. The van der Waals surface area contributed by atoms with E-state index >= 15 is 0 Å². The molecule has 4 aromatic rings. The van der Waals surface area contributed by atoms with Gasteiger partial charge in [0.05, 0.1) is 23.1 Å². The molecule has 0 saturated carbocycles. The van der Waals surface area contributed by atoms with Crippen LogP contribution in [0.5, 0.6) is 5.75 Å². The number of pyridine rings is 1. The number of hydrogen-bond donors (Lipinski definition) is 1. The van der Waals surface area contributed by atoms with Gasteiger partial charge in [-0.1, -0.05) is 30.3 Å². The number of non-ortho nitro benzene ring substituents is 1. The lowest BCUT2D eigenvalue weighted by Gasteiger charge is -2.20. The van der Waals surface area contributed by atoms with Gasteiger partial charge in [0.1, 0.15) is 11.6 Å². The van der Waals surface area contributed by atoms with Gasteiger partial charge in [0.15, 0.2) is 5.43 Å². The molecule has 0 aliphatic heterocycles. The minimum atomic E-state index is -0.558. The van der Waals surface area contributed by atoms with E-state index in [9.17, 15) is 19.7 Å². The van der Waals surface area contributed by atoms with Gasteiger partial charge in [-0.05, 0) is 42.8 Å². The van der Waals surface area contributed by atoms with Gasteiger partial charge in [0.2, 0.25) is 0 Å². The lowest BCUT2D eigenvalue weighted by Crippen LogP contribution is -2.22. The third kappa shape index (κ3) is 4.06. The van der Waals surface area contributed by atoms with Crippen LogP contribution in [0.25, 0.3) is 22.0 Å². The molecule has 0 unspecified atom stereocenters. The van der Waals surface area contributed by atoms with Crippen LogP contribution < -0.4 is 15.5 Å². The number of nitro benzene ring substituents is 1. The fourth-order valence-electron chi connectivity index (χ4n) is 3.82. The number of nitrogens with zero attached hydrogens (tertiary/aromatic N) is 2. The van der Waals surface area contributed by atoms with Crippen LogP contribution in [0.4, 0.5) is 11.5 Å². The SMILES string of the molecule is CCn1c(NC(=O)c2cccc([N+](=O)[O-])c2)c(-c2ccc(OC)cc2)c(=O)c2ccccc21. The second-order valence-electron chi connectivity index (χ2n) is 7.30. The van der Waals surface area contributed by atoms with Gasteiger partial charge in [-0.15, -0.1) is 0 Å². The maximum Gasteiger partial charge on any atom is 0.270 e. The van der Waals surface area contributed by atoms with E-state index in [1.807, 2.05) is 23.6 Å². The number of aromatic nitrogens is 1. The zero-order valence-corrected chi connectivity index (χ0v) is 18.1. The number of amides is 1. The van der Waals surface area contributed by atoms with Crippen molar-refractivity contribution in [3.63, 3.8) is 0 Å². The molecule has 0 bridgehead atoms. The van der Waals surface area contributed by atoms with Gasteiger partial charge in [0, 0.05) is 29.6 Å². The molecule has 166 valence electrons. The fraction of sp³-hybridized carbons (Fsp3) is 0.120. The number of aryl methyl sites for hydroxylation is 1. The number of ether oxygens (including phenoxy) is 1. The fourth-order valence-corrected chi connectivity index (χ4v) is 3.82. The molecule has 0 spiro atoms. The molecule has 8 heteroatoms. The molecule has 0 fully saturated rings. The summed E-state index contributed by atoms with van der Waals surface area (Å²) in [5, 5.41) is 14.5. The molecule has 3 aromatic carbocycles. The highest BCUT2D eigenvalue weighted by atomic mass is 16.6. The normalized spacial score (nSPS) is 10.7. The Hall–Kier alpha value is -4.46. The summed E-state index contributed by atoms with van der Waals surface area (Å²) in [4.78, 5) is 37.2. The second kappa shape index (κ2) is 8.96. The second-order valence-corrected chi connectivity index (χ2v) is 7.30. The summed E-state index contributed by atoms with van der Waals surface area (Å²) in [7, 11) is 1.56. The van der Waals surface area contributed by atoms with E-state index in [2.05, 4.69) is 5.32 Å². The van der Waals surface area contributed by atoms with Crippen molar-refractivity contribution in [2.75, 3.05) is 12.4 Å². The predicted octanol–water partition coefficient (Wildman–Crippen LogP) is 4.86. The molecular formula is C25H21N3O5. The maximum atomic E-state index is 13.5. The molecule has 33 heavy (non-hydrogen) atoms. The highest BCUT2D eigenvalue weighted by molar-refractivity contribution is 6.07. The van der Waals surface area contributed by atoms with Crippen molar-refractivity contribution in [1.29, 1.82) is 0 Å². The maximum absolute atomic E-state index is 13.5. The van der Waals surface area contributed by atoms with Gasteiger partial charge >= 0.3 is 0 Å². The van der Waals surface area contributed by atoms with Gasteiger partial charge in [0.25, 0.3) is 11.6 Å². The van der Waals surface area contributed by atoms with Gasteiger partial charge in [-0.2, -0.15) is 0 Å². The number of methoxy groups -OCH3 is 1. The monoisotopic (exact) mass is 443 g/mol. The first kappa shape index (κ1) is 21.8. The molecule has 1 aromatic heterocycles. The van der Waals surface area contributed by atoms with Crippen LogP contribution in [0.2, 0.25) is 0 Å². The zero-order valence-electron chi connectivity index (χ0n) is 18.1. The van der Waals surface area contributed by atoms with Crippen LogP contribution >= 0.6 is 0 Å². The van der Waals surface area contributed by atoms with Crippen molar-refractivity contribution < 1.29 is 14.5 Å². The Morgan fingerprint density at radius 1 is 1.06 bits per heavy atom. The molecule has 0 radical (unpaired) electrons. The first-order chi connectivity index (χ1) is 15.9. The molecule has 0 aliphatic rings. The summed E-state index contributed by atoms with van der Waals surface area (Å²) in [5.41, 5.74) is 1.32. The van der Waals surface area contributed by atoms with Crippen LogP contribution in [-0.2, 0) is 6.54 Å². The highest BCUT2D eigenvalue weighted by Gasteiger charge is 2.21. The van der Waals surface area contributed by atoms with E-state index in [0.29, 0.717) is 40.1 Å². The van der Waals surface area contributed by atoms with Crippen LogP contribution in [0, 0.1) is 10.1 Å². The zero-order chi connectivity index (χ0) is 23.5. The summed E-state index contributed by atoms with van der Waals surface area (Å²) in [6.45, 7) is 2.40. The lowest BCUT2D eigenvalue weighted by molar-refractivity contribution is -0.384. The molecule has 0 aliphatic carbocycles. The number of hydrogen-bond acceptors (Lipinski definition) is 5. The first-order valence-electron chi connectivity index (χ1n) is 10.3. The Labute approximate surface area is 189 Å². The molecule has 8 nitrogen and oxygen atoms in total. The molecule has 1 N–H and O–H groups in total. The van der Waals surface area contributed by atoms with Gasteiger partial charge < -0.3 is 14.6 Å². The van der Waals surface area contributed by atoms with Crippen molar-refractivity contribution in [2.45, 2.75) is 13.5 Å². The van der Waals surface area contributed by atoms with Crippen molar-refractivity contribution in [3.8, 4) is 16.9 Å². The molecule has 0 saturated heterocycles. The largest absolute Gasteiger partial charge is 0.497 e. The Kier molecular flexibility index (Phi) is 5.91. The highest BCUT2D eigenvalue weighted by Crippen LogP contribution is 2.31. The van der Waals surface area contributed by atoms with Crippen LogP contribution in [0.3, 0.4) is 0 Å². The number of nitrogens with one attached hydrogen (secondary N) is 1. The van der Waals surface area contributed by atoms with E-state index < -0.39 is 10.8 Å². The Morgan fingerprint density at radius 3 is 2.45 bits per heavy atom. The van der Waals surface area contributed by atoms with Gasteiger partial charge in [-0.25, -0.2) is 0 Å². The van der Waals surface area contributed by atoms with Crippen LogP contribution in [0.1, 0.15) is 17.3 Å². The molecular weight excluding hydrogens is 422 g/mol. The van der Waals surface area contributed by atoms with Crippen LogP contribution in [0.15, 0.2) is 77.6 Å². The average Bonchev–Trinajstić information content (AvgIpc) is 2.85. The molecule has 0 atom stereocenters. The number of anilines is 1. The number of rotatable bonds is 6. The summed E-state index contributed by atoms with van der Waals surface area (Å²) < 4.78 is 7.08. The lowest BCUT2D eigenvalue weighted by atomic mass is 10.0. The average molecular weight is 443 g/mol. The standard InChI is InChI=1S/C25H21N3O5/c1-3-27-21-10-5-4-9-20(21)23(29)22(16-11-13-19(33-2)14-12-16)24(27)26-25(30)17-7-6-8-18(15-17)28(31)32/h4-15H,3H2,1-2H3,(H,26,30). The Balaban J connectivity index is 1.93. The number of carbonyl (C=O) groups excluding carboxylic acids is 1. The quantitative estimate of drug-likeness (QED) is 0.339. The van der Waals surface area contributed by atoms with E-state index in [1.165, 1.54) is 24.3 Å². The van der Waals surface area contributed by atoms with Crippen molar-refractivity contribution in [2.24, 2.45) is 0 Å². The number of nitro groups is 1. The minimum absolute atomic E-state index is 0.119. The summed E-state index contributed by atoms with van der Waals surface area (Å²) in [5.74, 6) is 0.408. The summed E-state index contributed by atoms with van der Waals surface area (Å²) in [6, 6.07) is 19.7. The smallest absolute Gasteiger partial charge is 0.270 e. The molecule has 4 rings (SSSR count). The molecule has 1 heterocycles. The summed E-state index contributed by atoms with van der Waals surface area (Å²) >= 11 is 0. The molecule has 1 amide bonds. The summed E-state index contributed by atoms with van der Waals surface area (Å²) in [6.07, 6.45) is 0. The van der Waals surface area contributed by atoms with Gasteiger partial charge in [-0.3, -0.25) is 19.7 Å². The van der Waals surface area contributed by atoms with Crippen molar-refractivity contribution in [3.05, 3.63) is 98.7 Å². The van der Waals surface area contributed by atoms with Crippen molar-refractivity contribution >= 4 is 28.3 Å². The van der Waals surface area contributed by atoms with E-state index in [4.69, 9.17) is 4.74 Å². The third-order valence-corrected chi connectivity index (χ3v) is 5.42. The van der Waals surface area contributed by atoms with E-state index in [0.717, 1.165) is 0 Å². The topological polar surface area (TPSA) is 103 Å². The van der Waals surface area contributed by atoms with Crippen molar-refractivity contribution in [1.82, 2.24) is 4.57 Å². The van der Waals surface area contributed by atoms with E-state index in [1.54, 1.807) is 43.5 Å². The number of fused-ring (bicyclic) bond motifs is 1. The Bertz CT molecular complexity index is 1420. The van der Waals surface area contributed by atoms with E-state index in [-0.39, 0.29) is 16.7 Å². The first-order valence-corrected chi connectivity index (χ1v) is 10.3. The minimum Gasteiger partial charge on any atom is -0.497 e. The van der Waals surface area contributed by atoms with Crippen LogP contribution in [-0.4, -0.2) is 22.5 Å². The number of para-hydroxylation sites is 1. The Morgan fingerprint density at radius 2 is 1.79 bits per heavy atom. The third-order valence-electron chi connectivity index (χ3n) is 5.42.